The lowest BCUT2D eigenvalue weighted by atomic mass is 10.2. The van der Waals surface area contributed by atoms with Crippen LogP contribution >= 0.6 is 22.9 Å². The van der Waals surface area contributed by atoms with Crippen LogP contribution in [0.15, 0.2) is 35.1 Å². The van der Waals surface area contributed by atoms with E-state index in [-0.39, 0.29) is 10.5 Å². The molecular formula is C13H5ClN2OS. The summed E-state index contributed by atoms with van der Waals surface area (Å²) in [5, 5.41) is 9.02. The lowest BCUT2D eigenvalue weighted by Gasteiger charge is -2.05. The molecule has 0 saturated heterocycles. The topological polar surface area (TPSA) is 53.8 Å². The Bertz CT molecular complexity index is 835. The minimum Gasteiger partial charge on any atom is -0.286 e. The van der Waals surface area contributed by atoms with Crippen LogP contribution in [0.4, 0.5) is 0 Å². The number of hydrogen-bond donors (Lipinski definition) is 0. The molecule has 0 bridgehead atoms. The minimum absolute atomic E-state index is 0.165. The van der Waals surface area contributed by atoms with Gasteiger partial charge in [0.25, 0.3) is 0 Å². The van der Waals surface area contributed by atoms with E-state index in [1.54, 1.807) is 24.3 Å². The smallest absolute Gasteiger partial charge is 0.224 e. The van der Waals surface area contributed by atoms with Crippen molar-refractivity contribution in [2.24, 2.45) is 0 Å². The number of nitrogens with zero attached hydrogens (tertiary/aromatic N) is 2. The average molecular weight is 273 g/mol. The molecule has 1 aromatic rings. The highest BCUT2D eigenvalue weighted by Crippen LogP contribution is 2.29. The van der Waals surface area contributed by atoms with Crippen LogP contribution in [0.1, 0.15) is 5.56 Å². The SMILES string of the molecule is N#Cc1ccc2sc3ccc(Cl)c(=O)c-3nc2c1. The molecule has 3 rings (SSSR count). The first-order chi connectivity index (χ1) is 8.69. The average Bonchev–Trinajstić information content (AvgIpc) is 2.41. The van der Waals surface area contributed by atoms with E-state index in [9.17, 15) is 4.79 Å². The number of aromatic nitrogens is 1. The van der Waals surface area contributed by atoms with Gasteiger partial charge < -0.3 is 0 Å². The molecule has 1 aliphatic carbocycles. The van der Waals surface area contributed by atoms with E-state index in [1.165, 1.54) is 11.3 Å². The molecule has 0 spiro atoms. The molecule has 3 nitrogen and oxygen atoms in total. The highest BCUT2D eigenvalue weighted by atomic mass is 35.5. The molecule has 5 heteroatoms. The second-order valence-electron chi connectivity index (χ2n) is 3.73. The molecule has 1 aromatic carbocycles. The molecule has 0 unspecified atom stereocenters. The zero-order valence-corrected chi connectivity index (χ0v) is 10.5. The third-order valence-corrected chi connectivity index (χ3v) is 4.00. The maximum atomic E-state index is 11.9. The maximum Gasteiger partial charge on any atom is 0.224 e. The van der Waals surface area contributed by atoms with Crippen LogP contribution in [0.2, 0.25) is 5.02 Å². The van der Waals surface area contributed by atoms with Gasteiger partial charge >= 0.3 is 0 Å². The molecule has 1 heterocycles. The molecule has 18 heavy (non-hydrogen) atoms. The lowest BCUT2D eigenvalue weighted by Crippen LogP contribution is -2.07. The Kier molecular flexibility index (Phi) is 2.51. The Labute approximate surface area is 111 Å². The third kappa shape index (κ3) is 1.65. The normalized spacial score (nSPS) is 10.7. The van der Waals surface area contributed by atoms with E-state index in [0.717, 1.165) is 9.58 Å². The van der Waals surface area contributed by atoms with Gasteiger partial charge in [0, 0.05) is 0 Å². The Balaban J connectivity index is 2.46. The fourth-order valence-corrected chi connectivity index (χ4v) is 2.82. The van der Waals surface area contributed by atoms with Crippen molar-refractivity contribution in [3.8, 4) is 16.6 Å². The Morgan fingerprint density at radius 2 is 2.11 bits per heavy atom. The zero-order chi connectivity index (χ0) is 12.7. The second-order valence-corrected chi connectivity index (χ2v) is 5.22. The predicted molar refractivity (Wildman–Crippen MR) is 72.2 cm³/mol. The van der Waals surface area contributed by atoms with E-state index < -0.39 is 0 Å². The van der Waals surface area contributed by atoms with Crippen LogP contribution in [0.25, 0.3) is 20.8 Å². The molecule has 0 radical (unpaired) electrons. The summed E-state index contributed by atoms with van der Waals surface area (Å²) in [6.07, 6.45) is 0. The van der Waals surface area contributed by atoms with Gasteiger partial charge in [-0.2, -0.15) is 5.26 Å². The maximum absolute atomic E-state index is 11.9. The summed E-state index contributed by atoms with van der Waals surface area (Å²) in [4.78, 5) is 17.0. The van der Waals surface area contributed by atoms with Crippen LogP contribution in [0.3, 0.4) is 0 Å². The first kappa shape index (κ1) is 11.1. The summed E-state index contributed by atoms with van der Waals surface area (Å²) in [6, 6.07) is 10.7. The number of nitriles is 1. The second kappa shape index (κ2) is 4.05. The van der Waals surface area contributed by atoms with Crippen LogP contribution in [0.5, 0.6) is 0 Å². The van der Waals surface area contributed by atoms with Crippen molar-refractivity contribution in [3.63, 3.8) is 0 Å². The van der Waals surface area contributed by atoms with Gasteiger partial charge in [-0.15, -0.1) is 11.3 Å². The van der Waals surface area contributed by atoms with Gasteiger partial charge in [0.1, 0.15) is 5.69 Å². The van der Waals surface area contributed by atoms with Crippen molar-refractivity contribution in [1.82, 2.24) is 4.98 Å². The van der Waals surface area contributed by atoms with Crippen LogP contribution in [-0.2, 0) is 0 Å². The summed E-state index contributed by atoms with van der Waals surface area (Å²) < 4.78 is 0.934. The Morgan fingerprint density at radius 3 is 2.89 bits per heavy atom. The molecule has 0 N–H and O–H groups in total. The van der Waals surface area contributed by atoms with Gasteiger partial charge in [-0.3, -0.25) is 4.79 Å². The summed E-state index contributed by atoms with van der Waals surface area (Å²) in [7, 11) is 0. The van der Waals surface area contributed by atoms with Crippen LogP contribution < -0.4 is 5.43 Å². The number of fused-ring (bicyclic) bond motifs is 2. The van der Waals surface area contributed by atoms with Crippen molar-refractivity contribution < 1.29 is 0 Å². The molecule has 2 aliphatic rings. The van der Waals surface area contributed by atoms with Gasteiger partial charge in [0.2, 0.25) is 5.43 Å². The van der Waals surface area contributed by atoms with Crippen molar-refractivity contribution in [2.75, 3.05) is 0 Å². The summed E-state index contributed by atoms with van der Waals surface area (Å²) in [5.41, 5.74) is 1.26. The number of benzene rings is 2. The summed E-state index contributed by atoms with van der Waals surface area (Å²) in [6.45, 7) is 0. The van der Waals surface area contributed by atoms with Crippen LogP contribution in [-0.4, -0.2) is 4.98 Å². The van der Waals surface area contributed by atoms with Crippen LogP contribution in [0, 0.1) is 11.3 Å². The first-order valence-electron chi connectivity index (χ1n) is 5.12. The fourth-order valence-electron chi connectivity index (χ4n) is 1.72. The molecule has 0 saturated carbocycles. The number of halogens is 1. The van der Waals surface area contributed by atoms with Crippen molar-refractivity contribution >= 4 is 33.2 Å². The zero-order valence-electron chi connectivity index (χ0n) is 8.98. The van der Waals surface area contributed by atoms with Crippen molar-refractivity contribution in [3.05, 3.63) is 51.1 Å². The van der Waals surface area contributed by atoms with E-state index in [4.69, 9.17) is 16.9 Å². The molecule has 1 aliphatic heterocycles. The largest absolute Gasteiger partial charge is 0.286 e. The van der Waals surface area contributed by atoms with Gasteiger partial charge in [0.15, 0.2) is 0 Å². The highest BCUT2D eigenvalue weighted by Gasteiger charge is 2.13. The van der Waals surface area contributed by atoms with Gasteiger partial charge in [-0.1, -0.05) is 11.6 Å². The first-order valence-corrected chi connectivity index (χ1v) is 6.32. The van der Waals surface area contributed by atoms with E-state index >= 15 is 0 Å². The summed E-state index contributed by atoms with van der Waals surface area (Å²) >= 11 is 7.26. The van der Waals surface area contributed by atoms with Gasteiger partial charge in [0.05, 0.1) is 31.7 Å². The van der Waals surface area contributed by atoms with E-state index in [1.807, 2.05) is 6.07 Å². The third-order valence-electron chi connectivity index (χ3n) is 2.59. The molecule has 0 fully saturated rings. The van der Waals surface area contributed by atoms with Crippen molar-refractivity contribution in [1.29, 1.82) is 5.26 Å². The number of hydrogen-bond acceptors (Lipinski definition) is 4. The quantitative estimate of drug-likeness (QED) is 0.590. The standard InChI is InChI=1S/C13H5ClN2OS/c14-8-2-4-11-12(13(8)17)16-9-5-7(6-15)1-3-10(9)18-11/h1-5H. The Morgan fingerprint density at radius 1 is 1.28 bits per heavy atom. The van der Waals surface area contributed by atoms with Gasteiger partial charge in [-0.05, 0) is 30.3 Å². The highest BCUT2D eigenvalue weighted by molar-refractivity contribution is 7.21. The lowest BCUT2D eigenvalue weighted by molar-refractivity contribution is 1.37. The van der Waals surface area contributed by atoms with Gasteiger partial charge in [-0.25, -0.2) is 4.98 Å². The molecular weight excluding hydrogens is 268 g/mol. The fraction of sp³-hybridized carbons (Fsp3) is 0. The predicted octanol–water partition coefficient (Wildman–Crippen LogP) is 3.29. The van der Waals surface area contributed by atoms with Crippen molar-refractivity contribution in [2.45, 2.75) is 0 Å². The minimum atomic E-state index is -0.269. The molecule has 0 aromatic heterocycles. The molecule has 86 valence electrons. The van der Waals surface area contributed by atoms with E-state index in [0.29, 0.717) is 16.8 Å². The summed E-state index contributed by atoms with van der Waals surface area (Å²) in [5.74, 6) is 0. The molecule has 0 atom stereocenters. The monoisotopic (exact) mass is 272 g/mol. The number of rotatable bonds is 0. The molecule has 0 amide bonds. The Hall–Kier alpha value is -1.96. The van der Waals surface area contributed by atoms with E-state index in [2.05, 4.69) is 11.1 Å².